The average molecular weight is 421 g/mol. The van der Waals surface area contributed by atoms with Crippen LogP contribution in [0.5, 0.6) is 17.2 Å². The Balaban J connectivity index is 1.51. The highest BCUT2D eigenvalue weighted by atomic mass is 16.6. The zero-order valence-electron chi connectivity index (χ0n) is 16.9. The minimum absolute atomic E-state index is 0.0341. The van der Waals surface area contributed by atoms with Crippen molar-refractivity contribution in [2.45, 2.75) is 0 Å². The third-order valence-corrected chi connectivity index (χ3v) is 4.16. The second-order valence-electron chi connectivity index (χ2n) is 6.34. The molecule has 0 aliphatic heterocycles. The Morgan fingerprint density at radius 1 is 0.871 bits per heavy atom. The van der Waals surface area contributed by atoms with Crippen LogP contribution >= 0.6 is 0 Å². The largest absolute Gasteiger partial charge is 0.490 e. The number of esters is 1. The molecule has 3 rings (SSSR count). The van der Waals surface area contributed by atoms with Gasteiger partial charge in [0.2, 0.25) is 0 Å². The molecular weight excluding hydrogens is 398 g/mol. The normalized spacial score (nSPS) is 10.2. The second-order valence-corrected chi connectivity index (χ2v) is 6.34. The monoisotopic (exact) mass is 421 g/mol. The number of carbonyl (C=O) groups excluding carboxylic acids is 2. The van der Waals surface area contributed by atoms with Crippen LogP contribution in [0.3, 0.4) is 0 Å². The van der Waals surface area contributed by atoms with Gasteiger partial charge in [0.1, 0.15) is 37.1 Å². The number of para-hydroxylation sites is 1. The van der Waals surface area contributed by atoms with Gasteiger partial charge < -0.3 is 24.3 Å². The topological polar surface area (TPSA) is 83.1 Å². The fourth-order valence-electron chi connectivity index (χ4n) is 2.76. The number of rotatable bonds is 10. The van der Waals surface area contributed by atoms with Crippen LogP contribution in [-0.4, -0.2) is 38.4 Å². The molecule has 0 spiro atoms. The van der Waals surface area contributed by atoms with Crippen molar-refractivity contribution in [1.29, 1.82) is 0 Å². The van der Waals surface area contributed by atoms with Gasteiger partial charge in [-0.25, -0.2) is 9.59 Å². The molecule has 0 fully saturated rings. The number of hydrogen-bond donors (Lipinski definition) is 1. The number of ether oxygens (including phenoxy) is 4. The summed E-state index contributed by atoms with van der Waals surface area (Å²) in [5.74, 6) is 1.35. The lowest BCUT2D eigenvalue weighted by Gasteiger charge is -2.12. The molecule has 0 bridgehead atoms. The van der Waals surface area contributed by atoms with Crippen LogP contribution in [0.25, 0.3) is 10.8 Å². The summed E-state index contributed by atoms with van der Waals surface area (Å²) in [6.07, 6.45) is 0.418. The van der Waals surface area contributed by atoms with Crippen LogP contribution in [-0.2, 0) is 9.53 Å². The number of fused-ring (bicyclic) bond motifs is 1. The maximum Gasteiger partial charge on any atom is 0.412 e. The second kappa shape index (κ2) is 11.3. The van der Waals surface area contributed by atoms with E-state index in [-0.39, 0.29) is 13.2 Å². The first-order valence-electron chi connectivity index (χ1n) is 9.74. The van der Waals surface area contributed by atoms with Crippen molar-refractivity contribution in [1.82, 2.24) is 5.32 Å². The molecule has 1 N–H and O–H groups in total. The Bertz CT molecular complexity index is 1030. The Labute approximate surface area is 180 Å². The molecule has 0 aromatic heterocycles. The lowest BCUT2D eigenvalue weighted by molar-refractivity contribution is -0.137. The molecule has 0 atom stereocenters. The minimum atomic E-state index is -0.639. The average Bonchev–Trinajstić information content (AvgIpc) is 2.80. The molecule has 1 amide bonds. The van der Waals surface area contributed by atoms with E-state index < -0.39 is 12.1 Å². The van der Waals surface area contributed by atoms with E-state index in [1.807, 2.05) is 54.6 Å². The predicted molar refractivity (Wildman–Crippen MR) is 117 cm³/mol. The molecule has 31 heavy (non-hydrogen) atoms. The van der Waals surface area contributed by atoms with Gasteiger partial charge in [0, 0.05) is 11.5 Å². The van der Waals surface area contributed by atoms with Gasteiger partial charge in [0.25, 0.3) is 0 Å². The number of nitrogens with one attached hydrogen (secondary N) is 1. The number of benzene rings is 3. The fourth-order valence-corrected chi connectivity index (χ4v) is 2.76. The van der Waals surface area contributed by atoms with Gasteiger partial charge >= 0.3 is 12.1 Å². The Morgan fingerprint density at radius 2 is 1.68 bits per heavy atom. The van der Waals surface area contributed by atoms with Gasteiger partial charge in [-0.1, -0.05) is 36.9 Å². The molecule has 0 saturated carbocycles. The first-order chi connectivity index (χ1) is 15.2. The van der Waals surface area contributed by atoms with Gasteiger partial charge in [-0.05, 0) is 41.8 Å². The van der Waals surface area contributed by atoms with Gasteiger partial charge in [-0.2, -0.15) is 0 Å². The standard InChI is InChI=1S/C24H23NO6/c1-2-23(26)30-14-13-25-24(27)31-20-11-12-21-18(17-20)7-6-10-22(21)29-16-15-28-19-8-4-3-5-9-19/h2-12,17H,1,13-16H2,(H,25,27). The van der Waals surface area contributed by atoms with Crippen molar-refractivity contribution in [2.24, 2.45) is 0 Å². The molecule has 3 aromatic rings. The Kier molecular flexibility index (Phi) is 7.88. The molecule has 0 unspecified atom stereocenters. The van der Waals surface area contributed by atoms with Gasteiger partial charge in [-0.3, -0.25) is 0 Å². The molecule has 160 valence electrons. The summed E-state index contributed by atoms with van der Waals surface area (Å²) >= 11 is 0. The number of carbonyl (C=O) groups is 2. The summed E-state index contributed by atoms with van der Waals surface area (Å²) in [6, 6.07) is 20.5. The van der Waals surface area contributed by atoms with E-state index in [1.54, 1.807) is 12.1 Å². The third kappa shape index (κ3) is 6.78. The smallest absolute Gasteiger partial charge is 0.412 e. The molecule has 0 radical (unpaired) electrons. The lowest BCUT2D eigenvalue weighted by Crippen LogP contribution is -2.30. The summed E-state index contributed by atoms with van der Waals surface area (Å²) in [5.41, 5.74) is 0. The highest BCUT2D eigenvalue weighted by molar-refractivity contribution is 5.90. The molecule has 3 aromatic carbocycles. The van der Waals surface area contributed by atoms with Crippen molar-refractivity contribution < 1.29 is 28.5 Å². The molecular formula is C24H23NO6. The molecule has 7 nitrogen and oxygen atoms in total. The Hall–Kier alpha value is -4.00. The molecule has 0 saturated heterocycles. The van der Waals surface area contributed by atoms with E-state index in [2.05, 4.69) is 11.9 Å². The molecule has 0 heterocycles. The van der Waals surface area contributed by atoms with Crippen LogP contribution in [0.2, 0.25) is 0 Å². The maximum atomic E-state index is 11.9. The zero-order valence-corrected chi connectivity index (χ0v) is 16.9. The van der Waals surface area contributed by atoms with E-state index in [9.17, 15) is 9.59 Å². The van der Waals surface area contributed by atoms with Crippen LogP contribution < -0.4 is 19.5 Å². The summed E-state index contributed by atoms with van der Waals surface area (Å²) in [6.45, 7) is 4.28. The SMILES string of the molecule is C=CC(=O)OCCNC(=O)Oc1ccc2c(OCCOc3ccccc3)cccc2c1. The molecule has 0 aliphatic carbocycles. The van der Waals surface area contributed by atoms with Crippen LogP contribution in [0, 0.1) is 0 Å². The lowest BCUT2D eigenvalue weighted by atomic mass is 10.1. The summed E-state index contributed by atoms with van der Waals surface area (Å²) < 4.78 is 21.6. The van der Waals surface area contributed by atoms with Gasteiger partial charge in [-0.15, -0.1) is 0 Å². The Morgan fingerprint density at radius 3 is 2.48 bits per heavy atom. The summed E-state index contributed by atoms with van der Waals surface area (Å²) in [7, 11) is 0. The zero-order chi connectivity index (χ0) is 21.9. The van der Waals surface area contributed by atoms with Crippen LogP contribution in [0.1, 0.15) is 0 Å². The summed E-state index contributed by atoms with van der Waals surface area (Å²) in [5, 5.41) is 4.27. The molecule has 7 heteroatoms. The van der Waals surface area contributed by atoms with Crippen molar-refractivity contribution in [3.05, 3.63) is 79.4 Å². The first kappa shape index (κ1) is 21.7. The van der Waals surface area contributed by atoms with Crippen LogP contribution in [0.4, 0.5) is 4.79 Å². The fraction of sp³-hybridized carbons (Fsp3) is 0.167. The van der Waals surface area contributed by atoms with E-state index in [0.717, 1.165) is 22.6 Å². The minimum Gasteiger partial charge on any atom is -0.490 e. The first-order valence-corrected chi connectivity index (χ1v) is 9.74. The van der Waals surface area contributed by atoms with E-state index in [1.165, 1.54) is 0 Å². The quantitative estimate of drug-likeness (QED) is 0.301. The van der Waals surface area contributed by atoms with Crippen molar-refractivity contribution in [3.8, 4) is 17.2 Å². The number of hydrogen-bond acceptors (Lipinski definition) is 6. The van der Waals surface area contributed by atoms with E-state index in [0.29, 0.717) is 24.7 Å². The third-order valence-electron chi connectivity index (χ3n) is 4.16. The van der Waals surface area contributed by atoms with E-state index in [4.69, 9.17) is 18.9 Å². The maximum absolute atomic E-state index is 11.9. The van der Waals surface area contributed by atoms with Crippen molar-refractivity contribution in [2.75, 3.05) is 26.4 Å². The number of amides is 1. The van der Waals surface area contributed by atoms with E-state index >= 15 is 0 Å². The van der Waals surface area contributed by atoms with Crippen molar-refractivity contribution in [3.63, 3.8) is 0 Å². The highest BCUT2D eigenvalue weighted by Gasteiger charge is 2.08. The van der Waals surface area contributed by atoms with Gasteiger partial charge in [0.05, 0.1) is 6.54 Å². The van der Waals surface area contributed by atoms with Gasteiger partial charge in [0.15, 0.2) is 0 Å². The predicted octanol–water partition coefficient (Wildman–Crippen LogP) is 4.12. The highest BCUT2D eigenvalue weighted by Crippen LogP contribution is 2.29. The van der Waals surface area contributed by atoms with Crippen LogP contribution in [0.15, 0.2) is 79.4 Å². The summed E-state index contributed by atoms with van der Waals surface area (Å²) in [4.78, 5) is 22.8. The van der Waals surface area contributed by atoms with Crippen molar-refractivity contribution >= 4 is 22.8 Å². The molecule has 0 aliphatic rings.